The quantitative estimate of drug-likeness (QED) is 0.814. The van der Waals surface area contributed by atoms with Gasteiger partial charge in [-0.3, -0.25) is 0 Å². The first-order valence-electron chi connectivity index (χ1n) is 7.43. The van der Waals surface area contributed by atoms with Crippen molar-refractivity contribution in [1.29, 1.82) is 0 Å². The van der Waals surface area contributed by atoms with Crippen LogP contribution in [0, 0.1) is 5.41 Å². The predicted molar refractivity (Wildman–Crippen MR) is 75.0 cm³/mol. The molecule has 1 aromatic carbocycles. The first kappa shape index (κ1) is 10.9. The molecule has 0 atom stereocenters. The number of rotatable bonds is 1. The van der Waals surface area contributed by atoms with Crippen LogP contribution in [-0.2, 0) is 13.0 Å². The molecule has 1 aliphatic carbocycles. The third kappa shape index (κ3) is 1.58. The van der Waals surface area contributed by atoms with Gasteiger partial charge in [-0.2, -0.15) is 0 Å². The molecule has 2 fully saturated rings. The van der Waals surface area contributed by atoms with Gasteiger partial charge in [0.25, 0.3) is 0 Å². The lowest BCUT2D eigenvalue weighted by Gasteiger charge is -2.50. The van der Waals surface area contributed by atoms with Crippen molar-refractivity contribution >= 4 is 5.69 Å². The summed E-state index contributed by atoms with van der Waals surface area (Å²) >= 11 is 0. The molecule has 1 spiro atoms. The number of hydrogen-bond acceptors (Lipinski definition) is 2. The minimum atomic E-state index is 0.699. The summed E-state index contributed by atoms with van der Waals surface area (Å²) < 4.78 is 0. The van der Waals surface area contributed by atoms with E-state index in [1.165, 1.54) is 50.9 Å². The smallest absolute Gasteiger partial charge is 0.0415 e. The van der Waals surface area contributed by atoms with E-state index in [-0.39, 0.29) is 0 Å². The molecule has 0 aromatic heterocycles. The summed E-state index contributed by atoms with van der Waals surface area (Å²) in [5, 5.41) is 3.52. The van der Waals surface area contributed by atoms with Gasteiger partial charge in [-0.25, -0.2) is 0 Å². The average molecular weight is 242 g/mol. The standard InChI is InChI=1S/C16H22N2/c1-2-8-16(7-1)11-18(12-16)15-5-3-4-13-6-9-17-10-14(13)15/h3-5,17H,1-2,6-12H2. The van der Waals surface area contributed by atoms with Gasteiger partial charge in [0.15, 0.2) is 0 Å². The molecule has 0 unspecified atom stereocenters. The average Bonchev–Trinajstić information content (AvgIpc) is 2.86. The topological polar surface area (TPSA) is 15.3 Å². The molecule has 1 saturated heterocycles. The van der Waals surface area contributed by atoms with Crippen molar-refractivity contribution in [2.45, 2.75) is 38.6 Å². The van der Waals surface area contributed by atoms with Crippen molar-refractivity contribution in [3.8, 4) is 0 Å². The molecule has 0 radical (unpaired) electrons. The zero-order valence-electron chi connectivity index (χ0n) is 11.0. The number of nitrogens with one attached hydrogen (secondary N) is 1. The number of hydrogen-bond donors (Lipinski definition) is 1. The Morgan fingerprint density at radius 2 is 1.94 bits per heavy atom. The van der Waals surface area contributed by atoms with Crippen LogP contribution >= 0.6 is 0 Å². The van der Waals surface area contributed by atoms with E-state index < -0.39 is 0 Å². The summed E-state index contributed by atoms with van der Waals surface area (Å²) in [5.74, 6) is 0. The van der Waals surface area contributed by atoms with Gasteiger partial charge in [0.1, 0.15) is 0 Å². The highest BCUT2D eigenvalue weighted by Gasteiger charge is 2.45. The molecule has 3 aliphatic rings. The van der Waals surface area contributed by atoms with Crippen LogP contribution in [0.15, 0.2) is 18.2 Å². The van der Waals surface area contributed by atoms with E-state index in [4.69, 9.17) is 0 Å². The third-order valence-electron chi connectivity index (χ3n) is 5.18. The molecule has 4 rings (SSSR count). The second-order valence-electron chi connectivity index (χ2n) is 6.40. The Morgan fingerprint density at radius 3 is 2.78 bits per heavy atom. The summed E-state index contributed by atoms with van der Waals surface area (Å²) in [7, 11) is 0. The first-order chi connectivity index (χ1) is 8.86. The normalized spacial score (nSPS) is 25.0. The zero-order valence-corrected chi connectivity index (χ0v) is 11.0. The van der Waals surface area contributed by atoms with Crippen LogP contribution in [0.1, 0.15) is 36.8 Å². The van der Waals surface area contributed by atoms with Crippen molar-refractivity contribution in [2.75, 3.05) is 24.5 Å². The molecule has 1 N–H and O–H groups in total. The van der Waals surface area contributed by atoms with Gasteiger partial charge in [0.2, 0.25) is 0 Å². The highest BCUT2D eigenvalue weighted by molar-refractivity contribution is 5.59. The number of nitrogens with zero attached hydrogens (tertiary/aromatic N) is 1. The highest BCUT2D eigenvalue weighted by atomic mass is 15.2. The van der Waals surface area contributed by atoms with Crippen molar-refractivity contribution in [1.82, 2.24) is 5.32 Å². The van der Waals surface area contributed by atoms with Crippen molar-refractivity contribution in [3.63, 3.8) is 0 Å². The number of fused-ring (bicyclic) bond motifs is 1. The molecule has 1 saturated carbocycles. The van der Waals surface area contributed by atoms with E-state index in [1.54, 1.807) is 11.1 Å². The maximum absolute atomic E-state index is 3.52. The summed E-state index contributed by atoms with van der Waals surface area (Å²) in [6, 6.07) is 6.89. The van der Waals surface area contributed by atoms with E-state index in [9.17, 15) is 0 Å². The van der Waals surface area contributed by atoms with Crippen LogP contribution in [0.25, 0.3) is 0 Å². The van der Waals surface area contributed by atoms with E-state index in [0.717, 1.165) is 13.1 Å². The first-order valence-corrected chi connectivity index (χ1v) is 7.43. The Balaban J connectivity index is 1.59. The molecule has 2 heteroatoms. The minimum absolute atomic E-state index is 0.699. The van der Waals surface area contributed by atoms with Gasteiger partial charge in [0, 0.05) is 30.7 Å². The fourth-order valence-corrected chi connectivity index (χ4v) is 4.17. The molecule has 2 aliphatic heterocycles. The van der Waals surface area contributed by atoms with Crippen molar-refractivity contribution < 1.29 is 0 Å². The fourth-order valence-electron chi connectivity index (χ4n) is 4.17. The molecular weight excluding hydrogens is 220 g/mol. The monoisotopic (exact) mass is 242 g/mol. The van der Waals surface area contributed by atoms with Gasteiger partial charge in [-0.05, 0) is 43.0 Å². The Bertz CT molecular complexity index is 452. The lowest BCUT2D eigenvalue weighted by atomic mass is 9.77. The summed E-state index contributed by atoms with van der Waals surface area (Å²) in [6.07, 6.45) is 7.06. The van der Waals surface area contributed by atoms with E-state index in [2.05, 4.69) is 28.4 Å². The van der Waals surface area contributed by atoms with Crippen LogP contribution in [0.3, 0.4) is 0 Å². The van der Waals surface area contributed by atoms with E-state index in [1.807, 2.05) is 0 Å². The van der Waals surface area contributed by atoms with Crippen molar-refractivity contribution in [2.24, 2.45) is 5.41 Å². The SMILES string of the molecule is c1cc2c(c(N3CC4(CCCC4)C3)c1)CNCC2. The maximum Gasteiger partial charge on any atom is 0.0415 e. The summed E-state index contributed by atoms with van der Waals surface area (Å²) in [5.41, 5.74) is 5.35. The van der Waals surface area contributed by atoms with Crippen LogP contribution in [0.4, 0.5) is 5.69 Å². The molecule has 0 amide bonds. The lowest BCUT2D eigenvalue weighted by Crippen LogP contribution is -2.55. The second kappa shape index (κ2) is 3.99. The highest BCUT2D eigenvalue weighted by Crippen LogP contribution is 2.47. The van der Waals surface area contributed by atoms with Gasteiger partial charge in [0.05, 0.1) is 0 Å². The maximum atomic E-state index is 3.52. The Hall–Kier alpha value is -1.02. The van der Waals surface area contributed by atoms with Gasteiger partial charge in [-0.15, -0.1) is 0 Å². The largest absolute Gasteiger partial charge is 0.370 e. The molecule has 2 nitrogen and oxygen atoms in total. The summed E-state index contributed by atoms with van der Waals surface area (Å²) in [6.45, 7) is 4.82. The molecule has 1 aromatic rings. The molecular formula is C16H22N2. The predicted octanol–water partition coefficient (Wildman–Crippen LogP) is 2.71. The molecule has 18 heavy (non-hydrogen) atoms. The fraction of sp³-hybridized carbons (Fsp3) is 0.625. The van der Waals surface area contributed by atoms with Crippen LogP contribution in [0.5, 0.6) is 0 Å². The van der Waals surface area contributed by atoms with Crippen LogP contribution in [0.2, 0.25) is 0 Å². The molecule has 0 bridgehead atoms. The van der Waals surface area contributed by atoms with Crippen LogP contribution in [-0.4, -0.2) is 19.6 Å². The van der Waals surface area contributed by atoms with Crippen LogP contribution < -0.4 is 10.2 Å². The Morgan fingerprint density at radius 1 is 1.11 bits per heavy atom. The number of anilines is 1. The van der Waals surface area contributed by atoms with Crippen molar-refractivity contribution in [3.05, 3.63) is 29.3 Å². The summed E-state index contributed by atoms with van der Waals surface area (Å²) in [4.78, 5) is 2.62. The second-order valence-corrected chi connectivity index (χ2v) is 6.40. The zero-order chi connectivity index (χ0) is 12.0. The van der Waals surface area contributed by atoms with Gasteiger partial charge < -0.3 is 10.2 Å². The molecule has 96 valence electrons. The Kier molecular flexibility index (Phi) is 2.41. The number of benzene rings is 1. The van der Waals surface area contributed by atoms with E-state index in [0.29, 0.717) is 5.41 Å². The van der Waals surface area contributed by atoms with Gasteiger partial charge in [-0.1, -0.05) is 25.0 Å². The lowest BCUT2D eigenvalue weighted by molar-refractivity contribution is 0.221. The Labute approximate surface area is 109 Å². The minimum Gasteiger partial charge on any atom is -0.370 e. The third-order valence-corrected chi connectivity index (χ3v) is 5.18. The van der Waals surface area contributed by atoms with Gasteiger partial charge >= 0.3 is 0 Å². The van der Waals surface area contributed by atoms with E-state index >= 15 is 0 Å². The molecule has 2 heterocycles.